The van der Waals surface area contributed by atoms with Gasteiger partial charge in [-0.3, -0.25) is 9.89 Å². The molecular formula is C23H46IN5O2. The fourth-order valence-corrected chi connectivity index (χ4v) is 4.92. The van der Waals surface area contributed by atoms with E-state index in [1.54, 1.807) is 0 Å². The number of halogens is 1. The maximum absolute atomic E-state index is 5.78. The zero-order chi connectivity index (χ0) is 21.1. The average Bonchev–Trinajstić information content (AvgIpc) is 3.30. The van der Waals surface area contributed by atoms with Gasteiger partial charge in [0.05, 0.1) is 19.3 Å². The van der Waals surface area contributed by atoms with Crippen LogP contribution in [0, 0.1) is 0 Å². The molecular weight excluding hydrogens is 505 g/mol. The first-order chi connectivity index (χ1) is 14.7. The lowest BCUT2D eigenvalue weighted by molar-refractivity contribution is 0.0168. The highest BCUT2D eigenvalue weighted by Crippen LogP contribution is 2.31. The van der Waals surface area contributed by atoms with Gasteiger partial charge in [0.1, 0.15) is 0 Å². The van der Waals surface area contributed by atoms with Gasteiger partial charge in [0.15, 0.2) is 5.96 Å². The van der Waals surface area contributed by atoms with Crippen molar-refractivity contribution < 1.29 is 9.47 Å². The smallest absolute Gasteiger partial charge is 0.191 e. The lowest BCUT2D eigenvalue weighted by Gasteiger charge is -2.49. The summed E-state index contributed by atoms with van der Waals surface area (Å²) in [5.74, 6) is 0.951. The van der Waals surface area contributed by atoms with Crippen molar-refractivity contribution in [2.24, 2.45) is 4.99 Å². The van der Waals surface area contributed by atoms with Crippen LogP contribution in [-0.4, -0.2) is 100 Å². The summed E-state index contributed by atoms with van der Waals surface area (Å²) < 4.78 is 11.4. The Bertz CT molecular complexity index is 502. The van der Waals surface area contributed by atoms with Gasteiger partial charge >= 0.3 is 0 Å². The third kappa shape index (κ3) is 8.95. The number of nitrogens with zero attached hydrogens (tertiary/aromatic N) is 3. The molecule has 0 aliphatic carbocycles. The van der Waals surface area contributed by atoms with Crippen molar-refractivity contribution >= 4 is 29.9 Å². The van der Waals surface area contributed by atoms with Crippen LogP contribution in [0.4, 0.5) is 0 Å². The van der Waals surface area contributed by atoms with E-state index in [2.05, 4.69) is 34.4 Å². The van der Waals surface area contributed by atoms with Crippen molar-refractivity contribution in [3.63, 3.8) is 0 Å². The molecule has 0 aromatic heterocycles. The van der Waals surface area contributed by atoms with Crippen molar-refractivity contribution in [1.82, 2.24) is 20.4 Å². The van der Waals surface area contributed by atoms with E-state index >= 15 is 0 Å². The van der Waals surface area contributed by atoms with Gasteiger partial charge < -0.3 is 25.0 Å². The molecule has 0 aromatic rings. The number of likely N-dealkylation sites (tertiary alicyclic amines) is 2. The van der Waals surface area contributed by atoms with Crippen LogP contribution < -0.4 is 10.6 Å². The largest absolute Gasteiger partial charge is 0.379 e. The Morgan fingerprint density at radius 3 is 2.55 bits per heavy atom. The maximum atomic E-state index is 5.78. The second-order valence-electron chi connectivity index (χ2n) is 9.26. The van der Waals surface area contributed by atoms with Crippen molar-refractivity contribution in [2.45, 2.75) is 69.9 Å². The first kappa shape index (κ1) is 27.1. The summed E-state index contributed by atoms with van der Waals surface area (Å²) in [5.41, 5.74) is 0.236. The summed E-state index contributed by atoms with van der Waals surface area (Å²) in [4.78, 5) is 10.3. The molecule has 3 saturated heterocycles. The highest BCUT2D eigenvalue weighted by atomic mass is 127. The van der Waals surface area contributed by atoms with Gasteiger partial charge in [0.2, 0.25) is 0 Å². The molecule has 0 saturated carbocycles. The molecule has 3 aliphatic heterocycles. The summed E-state index contributed by atoms with van der Waals surface area (Å²) in [6.07, 6.45) is 10.1. The summed E-state index contributed by atoms with van der Waals surface area (Å²) in [6, 6.07) is 0. The minimum atomic E-state index is 0. The fraction of sp³-hybridized carbons (Fsp3) is 0.957. The molecule has 1 unspecified atom stereocenters. The fourth-order valence-electron chi connectivity index (χ4n) is 4.92. The van der Waals surface area contributed by atoms with Crippen LogP contribution in [0.5, 0.6) is 0 Å². The number of nitrogens with one attached hydrogen (secondary N) is 2. The molecule has 3 heterocycles. The van der Waals surface area contributed by atoms with Crippen LogP contribution in [0.25, 0.3) is 0 Å². The van der Waals surface area contributed by atoms with E-state index in [0.717, 1.165) is 58.3 Å². The number of hydrogen-bond acceptors (Lipinski definition) is 5. The Morgan fingerprint density at radius 1 is 1.10 bits per heavy atom. The van der Waals surface area contributed by atoms with Gasteiger partial charge in [-0.25, -0.2) is 0 Å². The van der Waals surface area contributed by atoms with Gasteiger partial charge in [-0.2, -0.15) is 0 Å². The van der Waals surface area contributed by atoms with Crippen molar-refractivity contribution in [2.75, 3.05) is 72.7 Å². The molecule has 3 fully saturated rings. The third-order valence-corrected chi connectivity index (χ3v) is 6.91. The quantitative estimate of drug-likeness (QED) is 0.189. The molecule has 3 aliphatic rings. The van der Waals surface area contributed by atoms with E-state index in [9.17, 15) is 0 Å². The molecule has 8 heteroatoms. The number of hydrogen-bond donors (Lipinski definition) is 2. The highest BCUT2D eigenvalue weighted by Gasteiger charge is 2.39. The standard InChI is InChI=1S/C23H45N5O2.HI/c1-3-24-22(25-12-8-17-29-19-21-9-7-18-30-21)26-20-23(10-15-27(2)16-11-23)28-13-5-4-6-14-28;/h21H,3-20H2,1-2H3,(H2,24,25,26);1H. The van der Waals surface area contributed by atoms with E-state index in [1.807, 2.05) is 0 Å². The van der Waals surface area contributed by atoms with Crippen LogP contribution in [-0.2, 0) is 9.47 Å². The Morgan fingerprint density at radius 2 is 1.87 bits per heavy atom. The molecule has 0 amide bonds. The van der Waals surface area contributed by atoms with E-state index in [0.29, 0.717) is 6.10 Å². The van der Waals surface area contributed by atoms with Gasteiger partial charge in [-0.1, -0.05) is 6.42 Å². The molecule has 1 atom stereocenters. The molecule has 31 heavy (non-hydrogen) atoms. The number of aliphatic imine (C=N–C) groups is 1. The molecule has 182 valence electrons. The molecule has 0 aromatic carbocycles. The molecule has 7 nitrogen and oxygen atoms in total. The molecule has 0 radical (unpaired) electrons. The van der Waals surface area contributed by atoms with Crippen LogP contribution in [0.15, 0.2) is 4.99 Å². The average molecular weight is 552 g/mol. The lowest BCUT2D eigenvalue weighted by atomic mass is 9.84. The molecule has 0 bridgehead atoms. The van der Waals surface area contributed by atoms with Crippen molar-refractivity contribution in [3.8, 4) is 0 Å². The van der Waals surface area contributed by atoms with E-state index in [1.165, 1.54) is 64.7 Å². The van der Waals surface area contributed by atoms with E-state index < -0.39 is 0 Å². The Labute approximate surface area is 207 Å². The van der Waals surface area contributed by atoms with Crippen molar-refractivity contribution in [3.05, 3.63) is 0 Å². The summed E-state index contributed by atoms with van der Waals surface area (Å²) in [5, 5.41) is 6.95. The number of ether oxygens (including phenoxy) is 2. The number of guanidine groups is 1. The minimum Gasteiger partial charge on any atom is -0.379 e. The van der Waals surface area contributed by atoms with Gasteiger partial charge in [-0.15, -0.1) is 24.0 Å². The predicted molar refractivity (Wildman–Crippen MR) is 139 cm³/mol. The minimum absolute atomic E-state index is 0. The second-order valence-corrected chi connectivity index (χ2v) is 9.26. The first-order valence-electron chi connectivity index (χ1n) is 12.4. The SMILES string of the molecule is CCNC(=NCC1(N2CCCCC2)CCN(C)CC1)NCCCOCC1CCCO1.I. The molecule has 3 rings (SSSR count). The Balaban J connectivity index is 0.00000341. The van der Waals surface area contributed by atoms with Crippen LogP contribution in [0.3, 0.4) is 0 Å². The summed E-state index contributed by atoms with van der Waals surface area (Å²) in [6.45, 7) is 12.1. The van der Waals surface area contributed by atoms with Gasteiger partial charge in [0.25, 0.3) is 0 Å². The van der Waals surface area contributed by atoms with E-state index in [4.69, 9.17) is 14.5 Å². The maximum Gasteiger partial charge on any atom is 0.191 e. The molecule has 0 spiro atoms. The number of piperidine rings is 2. The predicted octanol–water partition coefficient (Wildman–Crippen LogP) is 2.70. The number of rotatable bonds is 10. The summed E-state index contributed by atoms with van der Waals surface area (Å²) >= 11 is 0. The second kappa shape index (κ2) is 14.9. The van der Waals surface area contributed by atoms with E-state index in [-0.39, 0.29) is 29.5 Å². The monoisotopic (exact) mass is 551 g/mol. The first-order valence-corrected chi connectivity index (χ1v) is 12.4. The van der Waals surface area contributed by atoms with Crippen LogP contribution in [0.1, 0.15) is 58.3 Å². The van der Waals surface area contributed by atoms with Crippen LogP contribution in [0.2, 0.25) is 0 Å². The third-order valence-electron chi connectivity index (χ3n) is 6.91. The van der Waals surface area contributed by atoms with Crippen molar-refractivity contribution in [1.29, 1.82) is 0 Å². The Hall–Kier alpha value is -0.160. The van der Waals surface area contributed by atoms with Gasteiger partial charge in [-0.05, 0) is 85.1 Å². The molecule has 2 N–H and O–H groups in total. The van der Waals surface area contributed by atoms with Gasteiger partial charge in [0, 0.05) is 31.8 Å². The highest BCUT2D eigenvalue weighted by molar-refractivity contribution is 14.0. The zero-order valence-corrected chi connectivity index (χ0v) is 22.2. The summed E-state index contributed by atoms with van der Waals surface area (Å²) in [7, 11) is 2.25. The topological polar surface area (TPSA) is 61.4 Å². The van der Waals surface area contributed by atoms with Crippen LogP contribution >= 0.6 is 24.0 Å². The zero-order valence-electron chi connectivity index (χ0n) is 19.9. The lowest BCUT2D eigenvalue weighted by Crippen LogP contribution is -2.58. The Kier molecular flexibility index (Phi) is 13.0. The normalized spacial score (nSPS) is 25.2.